The van der Waals surface area contributed by atoms with E-state index in [0.29, 0.717) is 0 Å². The van der Waals surface area contributed by atoms with Crippen LogP contribution >= 0.6 is 0 Å². The van der Waals surface area contributed by atoms with Gasteiger partial charge in [-0.3, -0.25) is 0 Å². The van der Waals surface area contributed by atoms with Crippen molar-refractivity contribution in [3.8, 4) is 0 Å². The summed E-state index contributed by atoms with van der Waals surface area (Å²) in [6, 6.07) is 0. The van der Waals surface area contributed by atoms with Gasteiger partial charge in [-0.15, -0.1) is 0 Å². The summed E-state index contributed by atoms with van der Waals surface area (Å²) in [5, 5.41) is 0. The molecule has 11 heavy (non-hydrogen) atoms. The lowest BCUT2D eigenvalue weighted by Gasteiger charge is -2.24. The van der Waals surface area contributed by atoms with E-state index in [-0.39, 0.29) is 0 Å². The van der Waals surface area contributed by atoms with Crippen LogP contribution in [0.5, 0.6) is 0 Å². The van der Waals surface area contributed by atoms with E-state index in [9.17, 15) is 0 Å². The summed E-state index contributed by atoms with van der Waals surface area (Å²) >= 11 is 0. The molecular formula is C8H18N2Si. The molecule has 1 aliphatic heterocycles. The van der Waals surface area contributed by atoms with Gasteiger partial charge in [0.05, 0.1) is 0 Å². The van der Waals surface area contributed by atoms with Crippen LogP contribution in [0.3, 0.4) is 0 Å². The van der Waals surface area contributed by atoms with E-state index in [1.54, 1.807) is 0 Å². The first-order valence-electron chi connectivity index (χ1n) is 4.41. The quantitative estimate of drug-likeness (QED) is 0.590. The molecule has 1 heterocycles. The molecule has 0 aromatic rings. The molecule has 0 aromatic carbocycles. The summed E-state index contributed by atoms with van der Waals surface area (Å²) in [7, 11) is 1.45. The van der Waals surface area contributed by atoms with E-state index >= 15 is 0 Å². The molecule has 1 aliphatic rings. The third kappa shape index (κ3) is 1.99. The maximum absolute atomic E-state index is 2.52. The van der Waals surface area contributed by atoms with Crippen molar-refractivity contribution < 1.29 is 0 Å². The Labute approximate surface area is 71.3 Å². The van der Waals surface area contributed by atoms with Crippen LogP contribution in [0.1, 0.15) is 19.8 Å². The van der Waals surface area contributed by atoms with E-state index in [2.05, 4.69) is 42.0 Å². The Morgan fingerprint density at radius 3 is 2.55 bits per heavy atom. The number of hydrogen-bond acceptors (Lipinski definition) is 2. The molecule has 0 spiro atoms. The largest absolute Gasteiger partial charge is 0.391 e. The summed E-state index contributed by atoms with van der Waals surface area (Å²) in [6.45, 7) is 5.87. The minimum absolute atomic E-state index is 0.735. The van der Waals surface area contributed by atoms with Gasteiger partial charge in [0.25, 0.3) is 0 Å². The second kappa shape index (κ2) is 3.81. The standard InChI is InChI=1S/C8H18N2Si/c1-4-5-6-10-8-7-9(2)11(10)3/h7-8,11H,4-6H2,1-3H3. The highest BCUT2D eigenvalue weighted by Gasteiger charge is 2.19. The van der Waals surface area contributed by atoms with E-state index in [1.165, 1.54) is 19.4 Å². The lowest BCUT2D eigenvalue weighted by molar-refractivity contribution is 0.531. The third-order valence-electron chi connectivity index (χ3n) is 2.33. The van der Waals surface area contributed by atoms with Gasteiger partial charge in [0, 0.05) is 18.9 Å². The zero-order valence-electron chi connectivity index (χ0n) is 7.75. The van der Waals surface area contributed by atoms with Crippen LogP contribution in [0.15, 0.2) is 12.4 Å². The van der Waals surface area contributed by atoms with Crippen molar-refractivity contribution in [3.63, 3.8) is 0 Å². The molecule has 0 saturated carbocycles. The molecule has 0 fully saturated rings. The maximum Gasteiger partial charge on any atom is 0.243 e. The monoisotopic (exact) mass is 170 g/mol. The minimum atomic E-state index is -0.735. The Morgan fingerprint density at radius 2 is 2.09 bits per heavy atom. The highest BCUT2D eigenvalue weighted by molar-refractivity contribution is 6.52. The average Bonchev–Trinajstić information content (AvgIpc) is 2.31. The molecule has 0 aromatic heterocycles. The molecule has 0 N–H and O–H groups in total. The van der Waals surface area contributed by atoms with Crippen LogP contribution in [-0.4, -0.2) is 31.8 Å². The zero-order chi connectivity index (χ0) is 8.27. The van der Waals surface area contributed by atoms with Crippen molar-refractivity contribution in [2.75, 3.05) is 13.6 Å². The van der Waals surface area contributed by atoms with Gasteiger partial charge in [-0.2, -0.15) is 0 Å². The Balaban J connectivity index is 2.31. The lowest BCUT2D eigenvalue weighted by Crippen LogP contribution is -2.39. The van der Waals surface area contributed by atoms with Gasteiger partial charge < -0.3 is 9.13 Å². The highest BCUT2D eigenvalue weighted by Crippen LogP contribution is 2.10. The van der Waals surface area contributed by atoms with Gasteiger partial charge in [0.1, 0.15) is 0 Å². The topological polar surface area (TPSA) is 6.48 Å². The first-order chi connectivity index (χ1) is 5.25. The van der Waals surface area contributed by atoms with Crippen LogP contribution < -0.4 is 0 Å². The van der Waals surface area contributed by atoms with Crippen molar-refractivity contribution in [3.05, 3.63) is 12.4 Å². The Kier molecular flexibility index (Phi) is 2.99. The summed E-state index contributed by atoms with van der Waals surface area (Å²) in [4.78, 5) is 0. The number of hydrogen-bond donors (Lipinski definition) is 0. The van der Waals surface area contributed by atoms with Gasteiger partial charge in [0.15, 0.2) is 0 Å². The molecule has 3 heteroatoms. The second-order valence-electron chi connectivity index (χ2n) is 3.19. The van der Waals surface area contributed by atoms with Crippen molar-refractivity contribution in [2.24, 2.45) is 0 Å². The van der Waals surface area contributed by atoms with Crippen molar-refractivity contribution >= 4 is 9.12 Å². The molecule has 0 amide bonds. The van der Waals surface area contributed by atoms with Crippen molar-refractivity contribution in [1.82, 2.24) is 9.13 Å². The van der Waals surface area contributed by atoms with E-state index < -0.39 is 9.12 Å². The van der Waals surface area contributed by atoms with Crippen LogP contribution in [0.25, 0.3) is 0 Å². The SMILES string of the molecule is CCCCN1C=CN(C)[SiH]1C. The molecule has 0 aliphatic carbocycles. The zero-order valence-corrected chi connectivity index (χ0v) is 8.90. The first kappa shape index (κ1) is 8.65. The van der Waals surface area contributed by atoms with E-state index in [4.69, 9.17) is 0 Å². The van der Waals surface area contributed by atoms with E-state index in [0.717, 1.165) is 0 Å². The summed E-state index contributed by atoms with van der Waals surface area (Å²) in [5.41, 5.74) is 0. The van der Waals surface area contributed by atoms with Gasteiger partial charge in [-0.1, -0.05) is 13.3 Å². The fraction of sp³-hybridized carbons (Fsp3) is 0.750. The Bertz CT molecular complexity index is 147. The van der Waals surface area contributed by atoms with Crippen LogP contribution in [-0.2, 0) is 0 Å². The Morgan fingerprint density at radius 1 is 1.36 bits per heavy atom. The summed E-state index contributed by atoms with van der Waals surface area (Å²) in [6.07, 6.45) is 7.07. The summed E-state index contributed by atoms with van der Waals surface area (Å²) < 4.78 is 4.89. The molecule has 1 atom stereocenters. The molecule has 0 saturated heterocycles. The normalized spacial score (nSPS) is 23.4. The number of nitrogens with zero attached hydrogens (tertiary/aromatic N) is 2. The van der Waals surface area contributed by atoms with Crippen molar-refractivity contribution in [1.29, 1.82) is 0 Å². The van der Waals surface area contributed by atoms with Crippen LogP contribution in [0.4, 0.5) is 0 Å². The highest BCUT2D eigenvalue weighted by atomic mass is 28.3. The fourth-order valence-corrected chi connectivity index (χ4v) is 2.95. The molecular weight excluding hydrogens is 152 g/mol. The average molecular weight is 170 g/mol. The fourth-order valence-electron chi connectivity index (χ4n) is 1.28. The lowest BCUT2D eigenvalue weighted by atomic mass is 10.3. The molecule has 1 unspecified atom stereocenters. The van der Waals surface area contributed by atoms with E-state index in [1.807, 2.05) is 0 Å². The first-order valence-corrected chi connectivity index (χ1v) is 6.60. The molecule has 64 valence electrons. The minimum Gasteiger partial charge on any atom is -0.391 e. The maximum atomic E-state index is 2.52. The van der Waals surface area contributed by atoms with Crippen LogP contribution in [0, 0.1) is 0 Å². The molecule has 2 nitrogen and oxygen atoms in total. The number of unbranched alkanes of at least 4 members (excludes halogenated alkanes) is 1. The van der Waals surface area contributed by atoms with Gasteiger partial charge in [-0.05, 0) is 20.0 Å². The van der Waals surface area contributed by atoms with Gasteiger partial charge >= 0.3 is 0 Å². The molecule has 1 rings (SSSR count). The predicted octanol–water partition coefficient (Wildman–Crippen LogP) is 1.36. The molecule has 0 bridgehead atoms. The predicted molar refractivity (Wildman–Crippen MR) is 51.5 cm³/mol. The smallest absolute Gasteiger partial charge is 0.243 e. The van der Waals surface area contributed by atoms with Crippen LogP contribution in [0.2, 0.25) is 6.55 Å². The number of rotatable bonds is 3. The van der Waals surface area contributed by atoms with Gasteiger partial charge in [-0.25, -0.2) is 0 Å². The van der Waals surface area contributed by atoms with Crippen molar-refractivity contribution in [2.45, 2.75) is 26.3 Å². The Hall–Kier alpha value is -0.443. The molecule has 0 radical (unpaired) electrons. The summed E-state index contributed by atoms with van der Waals surface area (Å²) in [5.74, 6) is 0. The van der Waals surface area contributed by atoms with Gasteiger partial charge in [0.2, 0.25) is 9.12 Å². The third-order valence-corrected chi connectivity index (χ3v) is 5.07. The second-order valence-corrected chi connectivity index (χ2v) is 5.93.